The van der Waals surface area contributed by atoms with Crippen molar-refractivity contribution in [1.29, 1.82) is 0 Å². The highest BCUT2D eigenvalue weighted by Crippen LogP contribution is 2.38. The first-order valence-corrected chi connectivity index (χ1v) is 6.62. The molecule has 1 nitrogen and oxygen atoms in total. The molecule has 0 saturated carbocycles. The van der Waals surface area contributed by atoms with E-state index in [2.05, 4.69) is 0 Å². The summed E-state index contributed by atoms with van der Waals surface area (Å²) in [4.78, 5) is 13.8. The van der Waals surface area contributed by atoms with Crippen LogP contribution in [0.3, 0.4) is 0 Å². The number of halogens is 2. The number of hydrogen-bond donors (Lipinski definition) is 0. The molecule has 0 saturated heterocycles. The van der Waals surface area contributed by atoms with Crippen LogP contribution in [0.4, 0.5) is 4.39 Å². The maximum Gasteiger partial charge on any atom is 0.168 e. The second-order valence-corrected chi connectivity index (χ2v) is 5.61. The summed E-state index contributed by atoms with van der Waals surface area (Å²) in [7, 11) is 0. The SMILES string of the molecule is O=C1Cc2ccc(Cl)cc2Sc2ccc(F)cc21. The van der Waals surface area contributed by atoms with Gasteiger partial charge in [0.1, 0.15) is 5.82 Å². The molecule has 0 spiro atoms. The molecule has 2 aromatic rings. The Bertz CT molecular complexity index is 654. The van der Waals surface area contributed by atoms with Crippen molar-refractivity contribution in [1.82, 2.24) is 0 Å². The summed E-state index contributed by atoms with van der Waals surface area (Å²) in [6.45, 7) is 0. The summed E-state index contributed by atoms with van der Waals surface area (Å²) in [6.07, 6.45) is 0.288. The second kappa shape index (κ2) is 4.41. The van der Waals surface area contributed by atoms with Crippen LogP contribution in [0.15, 0.2) is 46.2 Å². The van der Waals surface area contributed by atoms with Crippen LogP contribution in [0.2, 0.25) is 5.02 Å². The third-order valence-electron chi connectivity index (χ3n) is 2.84. The number of rotatable bonds is 0. The van der Waals surface area contributed by atoms with Crippen LogP contribution < -0.4 is 0 Å². The van der Waals surface area contributed by atoms with Crippen LogP contribution in [0, 0.1) is 5.82 Å². The number of carbonyl (C=O) groups excluding carboxylic acids is 1. The summed E-state index contributed by atoms with van der Waals surface area (Å²) in [5.41, 5.74) is 1.39. The topological polar surface area (TPSA) is 17.1 Å². The van der Waals surface area contributed by atoms with Gasteiger partial charge in [0, 0.05) is 26.8 Å². The van der Waals surface area contributed by atoms with Gasteiger partial charge in [-0.2, -0.15) is 0 Å². The Morgan fingerprint density at radius 2 is 1.94 bits per heavy atom. The van der Waals surface area contributed by atoms with Gasteiger partial charge in [0.05, 0.1) is 0 Å². The van der Waals surface area contributed by atoms with E-state index in [1.807, 2.05) is 12.1 Å². The maximum absolute atomic E-state index is 13.2. The van der Waals surface area contributed by atoms with Crippen LogP contribution in [-0.2, 0) is 6.42 Å². The number of Topliss-reactive ketones (excluding diaryl/α,β-unsaturated/α-hetero) is 1. The molecule has 0 bridgehead atoms. The van der Waals surface area contributed by atoms with Crippen molar-refractivity contribution in [2.75, 3.05) is 0 Å². The fourth-order valence-corrected chi connectivity index (χ4v) is 3.31. The lowest BCUT2D eigenvalue weighted by Gasteiger charge is -2.05. The summed E-state index contributed by atoms with van der Waals surface area (Å²) in [5.74, 6) is -0.440. The Morgan fingerprint density at radius 3 is 2.78 bits per heavy atom. The molecular weight excluding hydrogens is 271 g/mol. The quantitative estimate of drug-likeness (QED) is 0.712. The summed E-state index contributed by atoms with van der Waals surface area (Å²) in [5, 5.41) is 0.638. The first-order chi connectivity index (χ1) is 8.63. The molecule has 2 aromatic carbocycles. The molecule has 1 heterocycles. The minimum absolute atomic E-state index is 0.0573. The molecule has 1 aliphatic heterocycles. The number of benzene rings is 2. The first-order valence-electron chi connectivity index (χ1n) is 5.42. The number of fused-ring (bicyclic) bond motifs is 2. The minimum Gasteiger partial charge on any atom is -0.294 e. The lowest BCUT2D eigenvalue weighted by atomic mass is 10.0. The maximum atomic E-state index is 13.2. The molecule has 4 heteroatoms. The van der Waals surface area contributed by atoms with Gasteiger partial charge in [0.2, 0.25) is 0 Å². The number of hydrogen-bond acceptors (Lipinski definition) is 2. The van der Waals surface area contributed by atoms with E-state index in [-0.39, 0.29) is 18.0 Å². The molecule has 1 aliphatic rings. The molecule has 90 valence electrons. The van der Waals surface area contributed by atoms with Gasteiger partial charge in [0.15, 0.2) is 5.78 Å². The molecule has 0 atom stereocenters. The van der Waals surface area contributed by atoms with Gasteiger partial charge in [-0.1, -0.05) is 29.4 Å². The van der Waals surface area contributed by atoms with Crippen LogP contribution in [-0.4, -0.2) is 5.78 Å². The highest BCUT2D eigenvalue weighted by atomic mass is 35.5. The zero-order chi connectivity index (χ0) is 12.7. The normalized spacial score (nSPS) is 13.8. The Kier molecular flexibility index (Phi) is 2.88. The molecule has 0 aromatic heterocycles. The lowest BCUT2D eigenvalue weighted by molar-refractivity contribution is 0.0989. The van der Waals surface area contributed by atoms with Gasteiger partial charge >= 0.3 is 0 Å². The average Bonchev–Trinajstić information content (AvgIpc) is 2.46. The van der Waals surface area contributed by atoms with E-state index in [0.717, 1.165) is 15.4 Å². The summed E-state index contributed by atoms with van der Waals surface area (Å²) in [6, 6.07) is 9.78. The van der Waals surface area contributed by atoms with Crippen LogP contribution >= 0.6 is 23.4 Å². The van der Waals surface area contributed by atoms with E-state index in [4.69, 9.17) is 11.6 Å². The van der Waals surface area contributed by atoms with Gasteiger partial charge in [-0.3, -0.25) is 4.79 Å². The van der Waals surface area contributed by atoms with E-state index in [1.165, 1.54) is 23.9 Å². The van der Waals surface area contributed by atoms with Gasteiger partial charge in [-0.05, 0) is 35.9 Å². The Labute approximate surface area is 113 Å². The van der Waals surface area contributed by atoms with Crippen LogP contribution in [0.5, 0.6) is 0 Å². The fraction of sp³-hybridized carbons (Fsp3) is 0.0714. The zero-order valence-electron chi connectivity index (χ0n) is 9.24. The van der Waals surface area contributed by atoms with Crippen molar-refractivity contribution in [3.8, 4) is 0 Å². The van der Waals surface area contributed by atoms with E-state index < -0.39 is 0 Å². The van der Waals surface area contributed by atoms with Crippen molar-refractivity contribution < 1.29 is 9.18 Å². The average molecular weight is 279 g/mol. The largest absolute Gasteiger partial charge is 0.294 e. The molecule has 0 N–H and O–H groups in total. The predicted molar refractivity (Wildman–Crippen MR) is 70.0 cm³/mol. The highest BCUT2D eigenvalue weighted by molar-refractivity contribution is 7.99. The fourth-order valence-electron chi connectivity index (χ4n) is 1.97. The molecular formula is C14H8ClFOS. The van der Waals surface area contributed by atoms with Gasteiger partial charge in [-0.25, -0.2) is 4.39 Å². The molecule has 3 rings (SSSR count). The van der Waals surface area contributed by atoms with Crippen LogP contribution in [0.25, 0.3) is 0 Å². The van der Waals surface area contributed by atoms with Gasteiger partial charge in [0.25, 0.3) is 0 Å². The second-order valence-electron chi connectivity index (χ2n) is 4.09. The smallest absolute Gasteiger partial charge is 0.168 e. The van der Waals surface area contributed by atoms with E-state index in [1.54, 1.807) is 12.1 Å². The highest BCUT2D eigenvalue weighted by Gasteiger charge is 2.20. The van der Waals surface area contributed by atoms with Crippen molar-refractivity contribution in [2.24, 2.45) is 0 Å². The minimum atomic E-state index is -0.383. The predicted octanol–water partition coefficient (Wildman–Crippen LogP) is 4.37. The van der Waals surface area contributed by atoms with Crippen molar-refractivity contribution >= 4 is 29.1 Å². The molecule has 0 radical (unpaired) electrons. The number of ketones is 1. The Morgan fingerprint density at radius 1 is 1.11 bits per heavy atom. The number of carbonyl (C=O) groups is 1. The Hall–Kier alpha value is -1.32. The van der Waals surface area contributed by atoms with E-state index in [0.29, 0.717) is 10.6 Å². The molecule has 0 unspecified atom stereocenters. The monoisotopic (exact) mass is 278 g/mol. The summed E-state index contributed by atoms with van der Waals surface area (Å²) < 4.78 is 13.2. The van der Waals surface area contributed by atoms with Crippen molar-refractivity contribution in [3.63, 3.8) is 0 Å². The van der Waals surface area contributed by atoms with Crippen LogP contribution in [0.1, 0.15) is 15.9 Å². The standard InChI is InChI=1S/C14H8ClFOS/c15-9-2-1-8-5-12(17)11-7-10(16)3-4-13(11)18-14(8)6-9/h1-4,6-7H,5H2. The Balaban J connectivity index is 2.17. The first kappa shape index (κ1) is 11.8. The van der Waals surface area contributed by atoms with Crippen molar-refractivity contribution in [2.45, 2.75) is 16.2 Å². The van der Waals surface area contributed by atoms with Gasteiger partial charge < -0.3 is 0 Å². The van der Waals surface area contributed by atoms with Crippen molar-refractivity contribution in [3.05, 3.63) is 58.4 Å². The summed E-state index contributed by atoms with van der Waals surface area (Å²) >= 11 is 7.42. The lowest BCUT2D eigenvalue weighted by Crippen LogP contribution is -2.03. The third-order valence-corrected chi connectivity index (χ3v) is 4.25. The van der Waals surface area contributed by atoms with Gasteiger partial charge in [-0.15, -0.1) is 0 Å². The molecule has 0 amide bonds. The zero-order valence-corrected chi connectivity index (χ0v) is 10.8. The molecule has 0 fully saturated rings. The van der Waals surface area contributed by atoms with E-state index >= 15 is 0 Å². The molecule has 0 aliphatic carbocycles. The van der Waals surface area contributed by atoms with E-state index in [9.17, 15) is 9.18 Å². The molecule has 18 heavy (non-hydrogen) atoms. The third kappa shape index (κ3) is 2.04.